The molecular formula is C16H16Cl2N6O2S. The third-order valence-corrected chi connectivity index (χ3v) is 5.81. The van der Waals surface area contributed by atoms with Gasteiger partial charge in [-0.05, 0) is 25.1 Å². The van der Waals surface area contributed by atoms with Crippen LogP contribution in [0.5, 0.6) is 0 Å². The molecule has 142 valence electrons. The summed E-state index contributed by atoms with van der Waals surface area (Å²) < 4.78 is 29.0. The number of nitrogens with zero attached hydrogens (tertiary/aromatic N) is 4. The number of hydrogen-bond acceptors (Lipinski definition) is 6. The second-order valence-corrected chi connectivity index (χ2v) is 8.08. The number of halogens is 2. The molecule has 0 atom stereocenters. The van der Waals surface area contributed by atoms with E-state index in [4.69, 9.17) is 23.2 Å². The van der Waals surface area contributed by atoms with Gasteiger partial charge in [-0.1, -0.05) is 23.2 Å². The first-order valence-corrected chi connectivity index (χ1v) is 10.1. The summed E-state index contributed by atoms with van der Waals surface area (Å²) in [4.78, 5) is 12.4. The molecule has 2 heterocycles. The Bertz CT molecular complexity index is 1050. The van der Waals surface area contributed by atoms with Gasteiger partial charge in [-0.2, -0.15) is 0 Å². The molecule has 0 bridgehead atoms. The number of nitrogens with one attached hydrogen (secondary N) is 2. The number of aryl methyl sites for hydroxylation is 1. The van der Waals surface area contributed by atoms with Crippen LogP contribution in [0.3, 0.4) is 0 Å². The van der Waals surface area contributed by atoms with E-state index in [1.54, 1.807) is 18.5 Å². The van der Waals surface area contributed by atoms with E-state index in [1.807, 2.05) is 11.5 Å². The number of aromatic nitrogens is 4. The summed E-state index contributed by atoms with van der Waals surface area (Å²) in [5.74, 6) is 2.02. The Morgan fingerprint density at radius 1 is 1.11 bits per heavy atom. The topological polar surface area (TPSA) is 102 Å². The Balaban J connectivity index is 1.61. The zero-order chi connectivity index (χ0) is 19.4. The second-order valence-electron chi connectivity index (χ2n) is 5.51. The van der Waals surface area contributed by atoms with Gasteiger partial charge in [-0.25, -0.2) is 28.1 Å². The van der Waals surface area contributed by atoms with Gasteiger partial charge in [0.2, 0.25) is 10.0 Å². The van der Waals surface area contributed by atoms with E-state index in [1.165, 1.54) is 24.5 Å². The lowest BCUT2D eigenvalue weighted by Crippen LogP contribution is -2.29. The van der Waals surface area contributed by atoms with Crippen molar-refractivity contribution in [3.8, 4) is 5.82 Å². The van der Waals surface area contributed by atoms with Crippen molar-refractivity contribution in [2.24, 2.45) is 0 Å². The van der Waals surface area contributed by atoms with E-state index < -0.39 is 10.0 Å². The molecule has 0 aliphatic carbocycles. The fraction of sp³-hybridized carbons (Fsp3) is 0.188. The number of sulfonamides is 1. The molecule has 0 aliphatic rings. The summed E-state index contributed by atoms with van der Waals surface area (Å²) in [5, 5.41) is 3.45. The van der Waals surface area contributed by atoms with Gasteiger partial charge in [0.15, 0.2) is 0 Å². The molecule has 0 saturated carbocycles. The molecule has 3 aromatic rings. The number of hydrogen-bond donors (Lipinski definition) is 2. The van der Waals surface area contributed by atoms with Gasteiger partial charge in [0.1, 0.15) is 28.7 Å². The van der Waals surface area contributed by atoms with Crippen molar-refractivity contribution in [1.82, 2.24) is 24.2 Å². The lowest BCUT2D eigenvalue weighted by Gasteiger charge is -2.10. The van der Waals surface area contributed by atoms with Crippen molar-refractivity contribution in [3.05, 3.63) is 58.9 Å². The fourth-order valence-corrected chi connectivity index (χ4v) is 4.12. The van der Waals surface area contributed by atoms with E-state index in [0.717, 1.165) is 5.82 Å². The Labute approximate surface area is 166 Å². The Hall–Kier alpha value is -2.20. The summed E-state index contributed by atoms with van der Waals surface area (Å²) in [6, 6.07) is 6.02. The van der Waals surface area contributed by atoms with Gasteiger partial charge in [0.05, 0.1) is 5.02 Å². The van der Waals surface area contributed by atoms with Crippen molar-refractivity contribution < 1.29 is 8.42 Å². The molecule has 8 nitrogen and oxygen atoms in total. The highest BCUT2D eigenvalue weighted by Crippen LogP contribution is 2.24. The van der Waals surface area contributed by atoms with E-state index in [0.29, 0.717) is 23.2 Å². The number of rotatable bonds is 7. The van der Waals surface area contributed by atoms with Crippen LogP contribution in [0.2, 0.25) is 10.0 Å². The zero-order valence-electron chi connectivity index (χ0n) is 14.2. The molecular weight excluding hydrogens is 411 g/mol. The van der Waals surface area contributed by atoms with Gasteiger partial charge in [-0.15, -0.1) is 0 Å². The predicted octanol–water partition coefficient (Wildman–Crippen LogP) is 2.67. The molecule has 2 aromatic heterocycles. The molecule has 0 saturated heterocycles. The molecule has 0 aliphatic heterocycles. The number of anilines is 1. The molecule has 0 amide bonds. The first kappa shape index (κ1) is 19.6. The van der Waals surface area contributed by atoms with Crippen molar-refractivity contribution in [3.63, 3.8) is 0 Å². The molecule has 0 fully saturated rings. The Morgan fingerprint density at radius 3 is 2.67 bits per heavy atom. The number of imidazole rings is 1. The smallest absolute Gasteiger partial charge is 0.242 e. The lowest BCUT2D eigenvalue weighted by atomic mass is 10.4. The summed E-state index contributed by atoms with van der Waals surface area (Å²) in [7, 11) is -3.77. The third kappa shape index (κ3) is 4.75. The average molecular weight is 427 g/mol. The van der Waals surface area contributed by atoms with Crippen LogP contribution in [-0.2, 0) is 10.0 Å². The molecule has 27 heavy (non-hydrogen) atoms. The lowest BCUT2D eigenvalue weighted by molar-refractivity contribution is 0.583. The van der Waals surface area contributed by atoms with Crippen LogP contribution >= 0.6 is 23.2 Å². The minimum atomic E-state index is -3.77. The standard InChI is InChI=1S/C16H16Cl2N6O2S/c1-11-19-6-7-24(11)16-9-15(21-10-22-16)20-4-5-23-27(25,26)14-8-12(17)2-3-13(14)18/h2-3,6-10,23H,4-5H2,1H3,(H,20,21,22). The van der Waals surface area contributed by atoms with Crippen LogP contribution in [0.25, 0.3) is 5.82 Å². The molecule has 3 rings (SSSR count). The van der Waals surface area contributed by atoms with Crippen LogP contribution in [0.15, 0.2) is 47.9 Å². The van der Waals surface area contributed by atoms with Crippen molar-refractivity contribution in [1.29, 1.82) is 0 Å². The van der Waals surface area contributed by atoms with Crippen LogP contribution in [0.4, 0.5) is 5.82 Å². The first-order valence-electron chi connectivity index (χ1n) is 7.88. The van der Waals surface area contributed by atoms with Gasteiger partial charge >= 0.3 is 0 Å². The summed E-state index contributed by atoms with van der Waals surface area (Å²) in [6.45, 7) is 2.32. The average Bonchev–Trinajstić information content (AvgIpc) is 3.07. The van der Waals surface area contributed by atoms with E-state index in [2.05, 4.69) is 25.0 Å². The molecule has 1 aromatic carbocycles. The molecule has 0 spiro atoms. The van der Waals surface area contributed by atoms with Gasteiger partial charge in [0.25, 0.3) is 0 Å². The monoisotopic (exact) mass is 426 g/mol. The SMILES string of the molecule is Cc1nccn1-c1cc(NCCNS(=O)(=O)c2cc(Cl)ccc2Cl)ncn1. The van der Waals surface area contributed by atoms with Gasteiger partial charge in [-0.3, -0.25) is 4.57 Å². The summed E-state index contributed by atoms with van der Waals surface area (Å²) >= 11 is 11.8. The zero-order valence-corrected chi connectivity index (χ0v) is 16.6. The van der Waals surface area contributed by atoms with Gasteiger partial charge in [0, 0.05) is 36.6 Å². The predicted molar refractivity (Wildman–Crippen MR) is 104 cm³/mol. The maximum absolute atomic E-state index is 12.3. The summed E-state index contributed by atoms with van der Waals surface area (Å²) in [6.07, 6.45) is 4.90. The highest BCUT2D eigenvalue weighted by molar-refractivity contribution is 7.89. The second kappa shape index (κ2) is 8.22. The highest BCUT2D eigenvalue weighted by Gasteiger charge is 2.17. The Kier molecular flexibility index (Phi) is 5.95. The highest BCUT2D eigenvalue weighted by atomic mass is 35.5. The maximum Gasteiger partial charge on any atom is 0.242 e. The normalized spacial score (nSPS) is 11.5. The van der Waals surface area contributed by atoms with Crippen LogP contribution < -0.4 is 10.0 Å². The van der Waals surface area contributed by atoms with Crippen molar-refractivity contribution in [2.45, 2.75) is 11.8 Å². The Morgan fingerprint density at radius 2 is 1.93 bits per heavy atom. The van der Waals surface area contributed by atoms with Crippen molar-refractivity contribution >= 4 is 39.0 Å². The van der Waals surface area contributed by atoms with E-state index in [9.17, 15) is 8.42 Å². The van der Waals surface area contributed by atoms with Crippen LogP contribution in [0, 0.1) is 6.92 Å². The first-order chi connectivity index (χ1) is 12.9. The molecule has 11 heteroatoms. The molecule has 2 N–H and O–H groups in total. The fourth-order valence-electron chi connectivity index (χ4n) is 2.33. The minimum absolute atomic E-state index is 0.0587. The molecule has 0 unspecified atom stereocenters. The minimum Gasteiger partial charge on any atom is -0.369 e. The third-order valence-electron chi connectivity index (χ3n) is 3.63. The van der Waals surface area contributed by atoms with E-state index in [-0.39, 0.29) is 16.5 Å². The quantitative estimate of drug-likeness (QED) is 0.563. The van der Waals surface area contributed by atoms with Crippen molar-refractivity contribution in [2.75, 3.05) is 18.4 Å². The van der Waals surface area contributed by atoms with Crippen LogP contribution in [-0.4, -0.2) is 41.0 Å². The molecule has 0 radical (unpaired) electrons. The van der Waals surface area contributed by atoms with Gasteiger partial charge < -0.3 is 5.32 Å². The largest absolute Gasteiger partial charge is 0.369 e. The number of benzene rings is 1. The van der Waals surface area contributed by atoms with Crippen LogP contribution in [0.1, 0.15) is 5.82 Å². The summed E-state index contributed by atoms with van der Waals surface area (Å²) in [5.41, 5.74) is 0. The van der Waals surface area contributed by atoms with E-state index >= 15 is 0 Å². The maximum atomic E-state index is 12.3.